The molecule has 0 aromatic heterocycles. The number of aryl methyl sites for hydroxylation is 2. The first-order valence-corrected chi connectivity index (χ1v) is 12.0. The Morgan fingerprint density at radius 3 is 2.21 bits per heavy atom. The fourth-order valence-electron chi connectivity index (χ4n) is 3.76. The van der Waals surface area contributed by atoms with E-state index in [4.69, 9.17) is 11.5 Å². The highest BCUT2D eigenvalue weighted by molar-refractivity contribution is 8.16. The summed E-state index contributed by atoms with van der Waals surface area (Å²) in [6.07, 6.45) is 1.51. The molecule has 0 fully saturated rings. The summed E-state index contributed by atoms with van der Waals surface area (Å²) in [4.78, 5) is 42.6. The first kappa shape index (κ1) is 25.0. The van der Waals surface area contributed by atoms with E-state index in [9.17, 15) is 14.4 Å². The lowest BCUT2D eigenvalue weighted by molar-refractivity contribution is -0.115. The lowest BCUT2D eigenvalue weighted by atomic mass is 10.0. The molecule has 0 radical (unpaired) electrons. The molecule has 34 heavy (non-hydrogen) atoms. The predicted molar refractivity (Wildman–Crippen MR) is 138 cm³/mol. The molecule has 1 unspecified atom stereocenters. The largest absolute Gasteiger partial charge is 0.400 e. The van der Waals surface area contributed by atoms with Gasteiger partial charge in [0.15, 0.2) is 0 Å². The highest BCUT2D eigenvalue weighted by Gasteiger charge is 2.38. The smallest absolute Gasteiger partial charge is 0.260 e. The van der Waals surface area contributed by atoms with Crippen LogP contribution in [0.15, 0.2) is 58.7 Å². The van der Waals surface area contributed by atoms with Crippen LogP contribution < -0.4 is 22.1 Å². The van der Waals surface area contributed by atoms with Crippen molar-refractivity contribution in [2.24, 2.45) is 16.5 Å². The number of para-hydroxylation sites is 2. The van der Waals surface area contributed by atoms with Crippen LogP contribution in [0.3, 0.4) is 0 Å². The van der Waals surface area contributed by atoms with Gasteiger partial charge in [-0.1, -0.05) is 55.9 Å². The van der Waals surface area contributed by atoms with Crippen molar-refractivity contribution in [2.45, 2.75) is 38.9 Å². The molecule has 1 aliphatic heterocycles. The summed E-state index contributed by atoms with van der Waals surface area (Å²) in [7, 11) is 0. The van der Waals surface area contributed by atoms with Gasteiger partial charge in [0, 0.05) is 17.9 Å². The van der Waals surface area contributed by atoms with Crippen molar-refractivity contribution in [3.63, 3.8) is 0 Å². The molecule has 1 atom stereocenters. The molecule has 0 saturated heterocycles. The number of nitrogens with two attached hydrogens (primary N) is 2. The van der Waals surface area contributed by atoms with Crippen LogP contribution in [0.2, 0.25) is 0 Å². The average molecular weight is 480 g/mol. The van der Waals surface area contributed by atoms with Crippen molar-refractivity contribution >= 4 is 45.9 Å². The summed E-state index contributed by atoms with van der Waals surface area (Å²) in [5, 5.41) is 5.26. The number of benzene rings is 2. The molecule has 9 heteroatoms. The van der Waals surface area contributed by atoms with Gasteiger partial charge in [-0.15, -0.1) is 0 Å². The SMILES string of the molecule is CCN=C1SC(C(=O)Nc2ccccc2C(N)=O)C(N)=C1C(=O)Nc1c(CC)cccc1CC. The van der Waals surface area contributed by atoms with Crippen LogP contribution >= 0.6 is 11.8 Å². The topological polar surface area (TPSA) is 140 Å². The van der Waals surface area contributed by atoms with Crippen LogP contribution in [0.5, 0.6) is 0 Å². The molecule has 2 aromatic carbocycles. The van der Waals surface area contributed by atoms with E-state index in [0.29, 0.717) is 11.6 Å². The summed E-state index contributed by atoms with van der Waals surface area (Å²) in [6.45, 7) is 6.32. The van der Waals surface area contributed by atoms with Gasteiger partial charge in [-0.05, 0) is 43.0 Å². The molecule has 0 spiro atoms. The zero-order valence-electron chi connectivity index (χ0n) is 19.5. The van der Waals surface area contributed by atoms with Gasteiger partial charge in [0.25, 0.3) is 11.8 Å². The minimum absolute atomic E-state index is 0.121. The Kier molecular flexibility index (Phi) is 8.12. The number of amides is 3. The molecule has 3 rings (SSSR count). The molecular weight excluding hydrogens is 450 g/mol. The van der Waals surface area contributed by atoms with Gasteiger partial charge in [-0.2, -0.15) is 0 Å². The van der Waals surface area contributed by atoms with Gasteiger partial charge >= 0.3 is 0 Å². The maximum Gasteiger partial charge on any atom is 0.260 e. The number of carbonyl (C=O) groups is 3. The van der Waals surface area contributed by atoms with Gasteiger partial charge in [0.05, 0.1) is 16.8 Å². The van der Waals surface area contributed by atoms with Crippen LogP contribution in [0, 0.1) is 0 Å². The summed E-state index contributed by atoms with van der Waals surface area (Å²) in [5.74, 6) is -1.53. The fraction of sp³-hybridized carbons (Fsp3) is 0.280. The zero-order chi connectivity index (χ0) is 24.8. The molecule has 6 N–H and O–H groups in total. The normalized spacial score (nSPS) is 16.6. The van der Waals surface area contributed by atoms with Gasteiger partial charge in [-0.25, -0.2) is 0 Å². The van der Waals surface area contributed by atoms with Crippen LogP contribution in [0.4, 0.5) is 11.4 Å². The standard InChI is InChI=1S/C25H29N5O3S/c1-4-14-10-9-11-15(5-2)20(14)30-23(32)18-19(26)21(34-25(18)28-6-3)24(33)29-17-13-8-7-12-16(17)22(27)31/h7-13,21H,4-6,26H2,1-3H3,(H2,27,31)(H,29,33)(H,30,32). The molecule has 1 heterocycles. The maximum absolute atomic E-state index is 13.4. The second kappa shape index (κ2) is 11.0. The number of anilines is 2. The number of hydrogen-bond acceptors (Lipinski definition) is 6. The van der Waals surface area contributed by atoms with Crippen molar-refractivity contribution in [1.29, 1.82) is 0 Å². The second-order valence-corrected chi connectivity index (χ2v) is 8.71. The van der Waals surface area contributed by atoms with E-state index in [1.165, 1.54) is 6.07 Å². The summed E-state index contributed by atoms with van der Waals surface area (Å²) < 4.78 is 0. The molecule has 8 nitrogen and oxygen atoms in total. The van der Waals surface area contributed by atoms with Crippen molar-refractivity contribution in [3.8, 4) is 0 Å². The number of aliphatic imine (C=N–C) groups is 1. The Labute approximate surface area is 203 Å². The van der Waals surface area contributed by atoms with E-state index in [-0.39, 0.29) is 22.5 Å². The Bertz CT molecular complexity index is 1170. The number of nitrogens with zero attached hydrogens (tertiary/aromatic N) is 1. The van der Waals surface area contributed by atoms with Crippen molar-refractivity contribution in [2.75, 3.05) is 17.2 Å². The van der Waals surface area contributed by atoms with Crippen LogP contribution in [-0.4, -0.2) is 34.6 Å². The number of nitrogens with one attached hydrogen (secondary N) is 2. The molecule has 0 saturated carbocycles. The number of thioether (sulfide) groups is 1. The molecule has 1 aliphatic rings. The first-order chi connectivity index (χ1) is 16.3. The van der Waals surface area contributed by atoms with Crippen molar-refractivity contribution in [1.82, 2.24) is 0 Å². The van der Waals surface area contributed by atoms with E-state index in [0.717, 1.165) is 41.4 Å². The highest BCUT2D eigenvalue weighted by Crippen LogP contribution is 2.35. The Morgan fingerprint density at radius 2 is 1.62 bits per heavy atom. The lowest BCUT2D eigenvalue weighted by Crippen LogP contribution is -2.30. The quantitative estimate of drug-likeness (QED) is 0.460. The maximum atomic E-state index is 13.4. The van der Waals surface area contributed by atoms with Gasteiger partial charge in [-0.3, -0.25) is 19.4 Å². The average Bonchev–Trinajstić information content (AvgIpc) is 3.15. The highest BCUT2D eigenvalue weighted by atomic mass is 32.2. The van der Waals surface area contributed by atoms with E-state index in [1.54, 1.807) is 18.2 Å². The van der Waals surface area contributed by atoms with E-state index in [2.05, 4.69) is 15.6 Å². The molecule has 0 bridgehead atoms. The Morgan fingerprint density at radius 1 is 0.971 bits per heavy atom. The number of rotatable bonds is 8. The summed E-state index contributed by atoms with van der Waals surface area (Å²) >= 11 is 1.11. The third-order valence-corrected chi connectivity index (χ3v) is 6.73. The number of hydrogen-bond donors (Lipinski definition) is 4. The second-order valence-electron chi connectivity index (χ2n) is 7.62. The number of carbonyl (C=O) groups excluding carboxylic acids is 3. The molecule has 0 aliphatic carbocycles. The first-order valence-electron chi connectivity index (χ1n) is 11.1. The zero-order valence-corrected chi connectivity index (χ0v) is 20.3. The van der Waals surface area contributed by atoms with E-state index < -0.39 is 23.0 Å². The summed E-state index contributed by atoms with van der Waals surface area (Å²) in [6, 6.07) is 12.4. The van der Waals surface area contributed by atoms with E-state index in [1.807, 2.05) is 39.0 Å². The van der Waals surface area contributed by atoms with Crippen LogP contribution in [0.25, 0.3) is 0 Å². The van der Waals surface area contributed by atoms with Gasteiger partial charge in [0.1, 0.15) is 10.3 Å². The molecular formula is C25H29N5O3S. The lowest BCUT2D eigenvalue weighted by Gasteiger charge is -2.15. The minimum atomic E-state index is -0.876. The van der Waals surface area contributed by atoms with Crippen LogP contribution in [-0.2, 0) is 22.4 Å². The third kappa shape index (κ3) is 5.14. The molecule has 178 valence electrons. The monoisotopic (exact) mass is 479 g/mol. The summed E-state index contributed by atoms with van der Waals surface area (Å²) in [5.41, 5.74) is 15.4. The van der Waals surface area contributed by atoms with Crippen molar-refractivity contribution < 1.29 is 14.4 Å². The van der Waals surface area contributed by atoms with Gasteiger partial charge < -0.3 is 22.1 Å². The minimum Gasteiger partial charge on any atom is -0.400 e. The third-order valence-electron chi connectivity index (χ3n) is 5.47. The fourth-order valence-corrected chi connectivity index (χ4v) is 4.92. The number of primary amides is 1. The molecule has 3 amide bonds. The van der Waals surface area contributed by atoms with E-state index >= 15 is 0 Å². The Balaban J connectivity index is 1.93. The van der Waals surface area contributed by atoms with Crippen molar-refractivity contribution in [3.05, 3.63) is 70.4 Å². The van der Waals surface area contributed by atoms with Gasteiger partial charge in [0.2, 0.25) is 5.91 Å². The molecule has 2 aromatic rings. The predicted octanol–water partition coefficient (Wildman–Crippen LogP) is 3.23. The van der Waals surface area contributed by atoms with Crippen LogP contribution in [0.1, 0.15) is 42.3 Å². The Hall–Kier alpha value is -3.59.